The van der Waals surface area contributed by atoms with Crippen LogP contribution in [0.15, 0.2) is 48.5 Å². The highest BCUT2D eigenvalue weighted by molar-refractivity contribution is 5.30. The zero-order valence-electron chi connectivity index (χ0n) is 13.8. The second-order valence-electron chi connectivity index (χ2n) is 5.89. The van der Waals surface area contributed by atoms with Gasteiger partial charge in [-0.15, -0.1) is 0 Å². The van der Waals surface area contributed by atoms with Gasteiger partial charge in [-0.2, -0.15) is 0 Å². The van der Waals surface area contributed by atoms with Crippen LogP contribution in [0.2, 0.25) is 0 Å². The number of benzene rings is 2. The number of unbranched alkanes of at least 4 members (excludes halogenated alkanes) is 2. The minimum Gasteiger partial charge on any atom is -0.494 e. The van der Waals surface area contributed by atoms with Crippen LogP contribution >= 0.6 is 0 Å². The van der Waals surface area contributed by atoms with E-state index >= 15 is 0 Å². The smallest absolute Gasteiger partial charge is 0.123 e. The van der Waals surface area contributed by atoms with Crippen molar-refractivity contribution in [3.63, 3.8) is 0 Å². The molecule has 2 nitrogen and oxygen atoms in total. The van der Waals surface area contributed by atoms with Crippen molar-refractivity contribution in [2.75, 3.05) is 13.2 Å². The van der Waals surface area contributed by atoms with Crippen molar-refractivity contribution in [3.8, 4) is 5.75 Å². The molecule has 2 rings (SSSR count). The molecule has 124 valence electrons. The van der Waals surface area contributed by atoms with Crippen LogP contribution in [0.25, 0.3) is 0 Å². The van der Waals surface area contributed by atoms with Crippen LogP contribution in [0.1, 0.15) is 43.2 Å². The molecule has 2 N–H and O–H groups in total. The summed E-state index contributed by atoms with van der Waals surface area (Å²) in [5, 5.41) is 0. The summed E-state index contributed by atoms with van der Waals surface area (Å²) in [4.78, 5) is 0. The van der Waals surface area contributed by atoms with Crippen molar-refractivity contribution in [2.45, 2.75) is 38.5 Å². The molecule has 2 aromatic rings. The molecule has 0 aromatic heterocycles. The van der Waals surface area contributed by atoms with Crippen LogP contribution in [0.3, 0.4) is 0 Å². The average Bonchev–Trinajstić information content (AvgIpc) is 2.58. The van der Waals surface area contributed by atoms with Crippen molar-refractivity contribution in [3.05, 3.63) is 65.5 Å². The van der Waals surface area contributed by atoms with E-state index in [-0.39, 0.29) is 11.7 Å². The predicted molar refractivity (Wildman–Crippen MR) is 93.4 cm³/mol. The van der Waals surface area contributed by atoms with E-state index in [1.54, 1.807) is 12.1 Å². The van der Waals surface area contributed by atoms with E-state index < -0.39 is 0 Å². The van der Waals surface area contributed by atoms with Gasteiger partial charge < -0.3 is 10.5 Å². The van der Waals surface area contributed by atoms with Gasteiger partial charge in [0, 0.05) is 5.92 Å². The van der Waals surface area contributed by atoms with Gasteiger partial charge in [-0.05, 0) is 54.8 Å². The highest BCUT2D eigenvalue weighted by Gasteiger charge is 2.11. The van der Waals surface area contributed by atoms with Crippen molar-refractivity contribution in [1.29, 1.82) is 0 Å². The molecule has 3 heteroatoms. The predicted octanol–water partition coefficient (Wildman–Crippen LogP) is 4.68. The maximum absolute atomic E-state index is 13.4. The summed E-state index contributed by atoms with van der Waals surface area (Å²) in [6, 6.07) is 14.8. The van der Waals surface area contributed by atoms with Crippen LogP contribution in [0, 0.1) is 5.82 Å². The lowest BCUT2D eigenvalue weighted by molar-refractivity contribution is 0.306. The maximum atomic E-state index is 13.4. The standard InChI is InChI=1S/C20H26FNO/c1-2-3-4-12-23-20-10-8-16(9-11-20)13-18(15-22)17-6-5-7-19(21)14-17/h5-11,14,18H,2-4,12-13,15,22H2,1H3. The number of ether oxygens (including phenoxy) is 1. The van der Waals surface area contributed by atoms with Gasteiger partial charge in [0.15, 0.2) is 0 Å². The summed E-state index contributed by atoms with van der Waals surface area (Å²) in [6.07, 6.45) is 4.29. The first-order chi connectivity index (χ1) is 11.2. The molecule has 2 aromatic carbocycles. The minimum atomic E-state index is -0.211. The number of hydrogen-bond donors (Lipinski definition) is 1. The first-order valence-electron chi connectivity index (χ1n) is 8.40. The Morgan fingerprint density at radius 2 is 1.87 bits per heavy atom. The van der Waals surface area contributed by atoms with Crippen LogP contribution in [0.5, 0.6) is 5.75 Å². The van der Waals surface area contributed by atoms with E-state index in [0.29, 0.717) is 6.54 Å². The molecule has 0 radical (unpaired) electrons. The topological polar surface area (TPSA) is 35.2 Å². The lowest BCUT2D eigenvalue weighted by Gasteiger charge is -2.16. The molecule has 0 heterocycles. The third-order valence-electron chi connectivity index (χ3n) is 4.03. The van der Waals surface area contributed by atoms with Crippen LogP contribution in [-0.2, 0) is 6.42 Å². The molecule has 0 aliphatic rings. The lowest BCUT2D eigenvalue weighted by Crippen LogP contribution is -2.15. The van der Waals surface area contributed by atoms with Crippen molar-refractivity contribution >= 4 is 0 Å². The van der Waals surface area contributed by atoms with E-state index in [0.717, 1.165) is 30.8 Å². The van der Waals surface area contributed by atoms with E-state index in [4.69, 9.17) is 10.5 Å². The van der Waals surface area contributed by atoms with Gasteiger partial charge in [0.05, 0.1) is 6.61 Å². The monoisotopic (exact) mass is 315 g/mol. The Bertz CT molecular complexity index is 582. The molecule has 1 unspecified atom stereocenters. The number of nitrogens with two attached hydrogens (primary N) is 1. The first kappa shape index (κ1) is 17.5. The highest BCUT2D eigenvalue weighted by Crippen LogP contribution is 2.22. The van der Waals surface area contributed by atoms with E-state index in [1.807, 2.05) is 18.2 Å². The molecule has 0 fully saturated rings. The molecule has 0 spiro atoms. The summed E-state index contributed by atoms with van der Waals surface area (Å²) >= 11 is 0. The zero-order chi connectivity index (χ0) is 16.5. The van der Waals surface area contributed by atoms with Gasteiger partial charge in [-0.3, -0.25) is 0 Å². The number of rotatable bonds is 9. The summed E-state index contributed by atoms with van der Waals surface area (Å²) < 4.78 is 19.1. The van der Waals surface area contributed by atoms with Gasteiger partial charge in [0.25, 0.3) is 0 Å². The van der Waals surface area contributed by atoms with Crippen LogP contribution < -0.4 is 10.5 Å². The molecule has 0 saturated carbocycles. The molecule has 0 amide bonds. The van der Waals surface area contributed by atoms with Gasteiger partial charge in [0.1, 0.15) is 11.6 Å². The Balaban J connectivity index is 1.93. The van der Waals surface area contributed by atoms with Crippen LogP contribution in [-0.4, -0.2) is 13.2 Å². The molecule has 0 aliphatic heterocycles. The fraction of sp³-hybridized carbons (Fsp3) is 0.400. The van der Waals surface area contributed by atoms with Gasteiger partial charge >= 0.3 is 0 Å². The van der Waals surface area contributed by atoms with Crippen molar-refractivity contribution < 1.29 is 9.13 Å². The molecular weight excluding hydrogens is 289 g/mol. The number of halogens is 1. The largest absolute Gasteiger partial charge is 0.494 e. The lowest BCUT2D eigenvalue weighted by atomic mass is 9.92. The quantitative estimate of drug-likeness (QED) is 0.682. The van der Waals surface area contributed by atoms with Gasteiger partial charge in [0.2, 0.25) is 0 Å². The number of hydrogen-bond acceptors (Lipinski definition) is 2. The van der Waals surface area contributed by atoms with E-state index in [9.17, 15) is 4.39 Å². The SMILES string of the molecule is CCCCCOc1ccc(CC(CN)c2cccc(F)c2)cc1. The third-order valence-corrected chi connectivity index (χ3v) is 4.03. The Kier molecular flexibility index (Phi) is 7.08. The maximum Gasteiger partial charge on any atom is 0.123 e. The van der Waals surface area contributed by atoms with E-state index in [1.165, 1.54) is 24.5 Å². The zero-order valence-corrected chi connectivity index (χ0v) is 13.8. The van der Waals surface area contributed by atoms with E-state index in [2.05, 4.69) is 19.1 Å². The molecule has 23 heavy (non-hydrogen) atoms. The molecule has 0 aliphatic carbocycles. The average molecular weight is 315 g/mol. The summed E-state index contributed by atoms with van der Waals surface area (Å²) in [6.45, 7) is 3.45. The normalized spacial score (nSPS) is 12.1. The van der Waals surface area contributed by atoms with Crippen molar-refractivity contribution in [2.24, 2.45) is 5.73 Å². The Labute approximate surface area is 138 Å². The summed E-state index contributed by atoms with van der Waals surface area (Å²) in [5.41, 5.74) is 8.02. The molecule has 0 bridgehead atoms. The van der Waals surface area contributed by atoms with Gasteiger partial charge in [-0.1, -0.05) is 44.0 Å². The highest BCUT2D eigenvalue weighted by atomic mass is 19.1. The van der Waals surface area contributed by atoms with Gasteiger partial charge in [-0.25, -0.2) is 4.39 Å². The van der Waals surface area contributed by atoms with Crippen LogP contribution in [0.4, 0.5) is 4.39 Å². The second-order valence-corrected chi connectivity index (χ2v) is 5.89. The molecular formula is C20H26FNO. The van der Waals surface area contributed by atoms with Crippen molar-refractivity contribution in [1.82, 2.24) is 0 Å². The summed E-state index contributed by atoms with van der Waals surface area (Å²) in [7, 11) is 0. The fourth-order valence-electron chi connectivity index (χ4n) is 2.65. The first-order valence-corrected chi connectivity index (χ1v) is 8.40. The second kappa shape index (κ2) is 9.31. The Morgan fingerprint density at radius 3 is 2.52 bits per heavy atom. The fourth-order valence-corrected chi connectivity index (χ4v) is 2.65. The Hall–Kier alpha value is -1.87. The minimum absolute atomic E-state index is 0.127. The Morgan fingerprint density at radius 1 is 1.09 bits per heavy atom. The third kappa shape index (κ3) is 5.68. The molecule has 0 saturated heterocycles. The molecule has 1 atom stereocenters. The summed E-state index contributed by atoms with van der Waals surface area (Å²) in [5.74, 6) is 0.818.